The van der Waals surface area contributed by atoms with Gasteiger partial charge in [0, 0.05) is 5.56 Å². The lowest BCUT2D eigenvalue weighted by Crippen LogP contribution is -2.41. The third-order valence-corrected chi connectivity index (χ3v) is 2.93. The minimum atomic E-state index is -0.735. The topological polar surface area (TPSA) is 90.9 Å². The lowest BCUT2D eigenvalue weighted by atomic mass is 10.1. The van der Waals surface area contributed by atoms with E-state index in [4.69, 9.17) is 14.2 Å². The first kappa shape index (κ1) is 20.5. The average Bonchev–Trinajstić information content (AvgIpc) is 2.51. The Bertz CT molecular complexity index is 603. The second-order valence-electron chi connectivity index (χ2n) is 6.35. The molecular weight excluding hydrogens is 326 g/mol. The van der Waals surface area contributed by atoms with E-state index in [1.807, 2.05) is 0 Å². The molecule has 0 spiro atoms. The Kier molecular flexibility index (Phi) is 7.42. The number of hydrogen-bond donors (Lipinski definition) is 1. The molecule has 0 heterocycles. The smallest absolute Gasteiger partial charge is 0.408 e. The molecule has 0 aliphatic heterocycles. The minimum Gasteiger partial charge on any atom is -0.482 e. The van der Waals surface area contributed by atoms with E-state index in [-0.39, 0.29) is 19.0 Å². The van der Waals surface area contributed by atoms with Gasteiger partial charge < -0.3 is 19.5 Å². The van der Waals surface area contributed by atoms with Crippen molar-refractivity contribution in [1.29, 1.82) is 0 Å². The van der Waals surface area contributed by atoms with Crippen LogP contribution in [-0.4, -0.2) is 42.7 Å². The van der Waals surface area contributed by atoms with Crippen molar-refractivity contribution < 1.29 is 28.6 Å². The van der Waals surface area contributed by atoms with Crippen LogP contribution in [-0.2, 0) is 14.3 Å². The fourth-order valence-electron chi connectivity index (χ4n) is 1.86. The van der Waals surface area contributed by atoms with Crippen LogP contribution >= 0.6 is 0 Å². The van der Waals surface area contributed by atoms with E-state index in [9.17, 15) is 14.4 Å². The maximum atomic E-state index is 12.3. The minimum absolute atomic E-state index is 0.197. The number of nitrogens with one attached hydrogen (secondary N) is 1. The molecule has 1 rings (SSSR count). The van der Waals surface area contributed by atoms with Crippen LogP contribution in [0.4, 0.5) is 4.79 Å². The van der Waals surface area contributed by atoms with Crippen LogP contribution in [0.25, 0.3) is 0 Å². The maximum absolute atomic E-state index is 12.3. The monoisotopic (exact) mass is 351 g/mol. The van der Waals surface area contributed by atoms with E-state index in [0.717, 1.165) is 0 Å². The largest absolute Gasteiger partial charge is 0.482 e. The summed E-state index contributed by atoms with van der Waals surface area (Å²) in [4.78, 5) is 35.3. The van der Waals surface area contributed by atoms with Gasteiger partial charge in [-0.3, -0.25) is 4.79 Å². The van der Waals surface area contributed by atoms with Crippen molar-refractivity contribution in [2.45, 2.75) is 46.3 Å². The van der Waals surface area contributed by atoms with E-state index in [1.54, 1.807) is 58.9 Å². The average molecular weight is 351 g/mol. The Labute approximate surface area is 147 Å². The molecule has 0 saturated carbocycles. The number of Topliss-reactive ketones (excluding diaryl/α,β-unsaturated/α-hetero) is 1. The van der Waals surface area contributed by atoms with Crippen LogP contribution < -0.4 is 10.1 Å². The first-order valence-electron chi connectivity index (χ1n) is 8.04. The first-order valence-corrected chi connectivity index (χ1v) is 8.04. The zero-order valence-corrected chi connectivity index (χ0v) is 15.3. The highest BCUT2D eigenvalue weighted by molar-refractivity contribution is 6.01. The second-order valence-corrected chi connectivity index (χ2v) is 6.35. The highest BCUT2D eigenvalue weighted by Crippen LogP contribution is 2.14. The standard InChI is InChI=1S/C18H25NO6/c1-6-23-15(20)11-24-14-9-7-13(8-10-14)16(21)12(2)19-17(22)25-18(3,4)5/h7-10,12H,6,11H2,1-5H3,(H,19,22)/t12-/m0/s1. The highest BCUT2D eigenvalue weighted by atomic mass is 16.6. The number of ether oxygens (including phenoxy) is 3. The van der Waals surface area contributed by atoms with E-state index in [1.165, 1.54) is 0 Å². The summed E-state index contributed by atoms with van der Waals surface area (Å²) in [5, 5.41) is 2.50. The second kappa shape index (κ2) is 9.05. The molecule has 0 radical (unpaired) electrons. The molecule has 0 aliphatic carbocycles. The van der Waals surface area contributed by atoms with Crippen molar-refractivity contribution in [3.05, 3.63) is 29.8 Å². The molecule has 1 atom stereocenters. The molecule has 7 nitrogen and oxygen atoms in total. The number of alkyl carbamates (subject to hydrolysis) is 1. The number of esters is 1. The van der Waals surface area contributed by atoms with Crippen molar-refractivity contribution >= 4 is 17.8 Å². The normalized spacial score (nSPS) is 12.0. The van der Waals surface area contributed by atoms with Crippen LogP contribution in [0.5, 0.6) is 5.75 Å². The van der Waals surface area contributed by atoms with E-state index < -0.39 is 23.7 Å². The fourth-order valence-corrected chi connectivity index (χ4v) is 1.86. The summed E-state index contributed by atoms with van der Waals surface area (Å²) in [6.45, 7) is 8.62. The summed E-state index contributed by atoms with van der Waals surface area (Å²) >= 11 is 0. The van der Waals surface area contributed by atoms with Gasteiger partial charge in [-0.1, -0.05) is 0 Å². The molecule has 25 heavy (non-hydrogen) atoms. The van der Waals surface area contributed by atoms with Gasteiger partial charge in [-0.2, -0.15) is 0 Å². The molecule has 0 saturated heterocycles. The molecule has 0 bridgehead atoms. The summed E-state index contributed by atoms with van der Waals surface area (Å²) in [5.74, 6) is -0.280. The van der Waals surface area contributed by atoms with Crippen molar-refractivity contribution in [3.8, 4) is 5.75 Å². The van der Waals surface area contributed by atoms with Crippen LogP contribution in [0.1, 0.15) is 45.0 Å². The molecule has 1 amide bonds. The summed E-state index contributed by atoms with van der Waals surface area (Å²) < 4.78 is 15.1. The number of ketones is 1. The molecular formula is C18H25NO6. The molecule has 7 heteroatoms. The molecule has 0 fully saturated rings. The Morgan fingerprint density at radius 1 is 1.12 bits per heavy atom. The molecule has 0 unspecified atom stereocenters. The lowest BCUT2D eigenvalue weighted by Gasteiger charge is -2.21. The Hall–Kier alpha value is -2.57. The van der Waals surface area contributed by atoms with Crippen LogP contribution in [0.2, 0.25) is 0 Å². The summed E-state index contributed by atoms with van der Waals surface area (Å²) in [6, 6.07) is 5.55. The van der Waals surface area contributed by atoms with Gasteiger partial charge in [0.05, 0.1) is 12.6 Å². The van der Waals surface area contributed by atoms with Crippen molar-refractivity contribution in [3.63, 3.8) is 0 Å². The van der Waals surface area contributed by atoms with E-state index in [0.29, 0.717) is 11.3 Å². The van der Waals surface area contributed by atoms with Crippen LogP contribution in [0.3, 0.4) is 0 Å². The molecule has 0 aliphatic rings. The van der Waals surface area contributed by atoms with E-state index in [2.05, 4.69) is 5.32 Å². The molecule has 1 aromatic rings. The third-order valence-electron chi connectivity index (χ3n) is 2.93. The van der Waals surface area contributed by atoms with Gasteiger partial charge >= 0.3 is 12.1 Å². The predicted molar refractivity (Wildman–Crippen MR) is 91.7 cm³/mol. The Morgan fingerprint density at radius 2 is 1.72 bits per heavy atom. The van der Waals surface area contributed by atoms with Crippen molar-refractivity contribution in [1.82, 2.24) is 5.32 Å². The molecule has 0 aromatic heterocycles. The van der Waals surface area contributed by atoms with Gasteiger partial charge in [-0.15, -0.1) is 0 Å². The lowest BCUT2D eigenvalue weighted by molar-refractivity contribution is -0.145. The number of carbonyl (C=O) groups is 3. The van der Waals surface area contributed by atoms with Gasteiger partial charge in [0.25, 0.3) is 0 Å². The van der Waals surface area contributed by atoms with Gasteiger partial charge in [-0.05, 0) is 58.9 Å². The maximum Gasteiger partial charge on any atom is 0.408 e. The number of rotatable bonds is 7. The number of amides is 1. The first-order chi connectivity index (χ1) is 11.6. The Morgan fingerprint density at radius 3 is 2.24 bits per heavy atom. The molecule has 138 valence electrons. The fraction of sp³-hybridized carbons (Fsp3) is 0.500. The van der Waals surface area contributed by atoms with E-state index >= 15 is 0 Å². The molecule has 1 N–H and O–H groups in total. The highest BCUT2D eigenvalue weighted by Gasteiger charge is 2.21. The van der Waals surface area contributed by atoms with Gasteiger partial charge in [0.2, 0.25) is 0 Å². The Balaban J connectivity index is 2.58. The number of hydrogen-bond acceptors (Lipinski definition) is 6. The number of benzene rings is 1. The van der Waals surface area contributed by atoms with Gasteiger partial charge in [0.1, 0.15) is 11.4 Å². The van der Waals surface area contributed by atoms with Crippen LogP contribution in [0.15, 0.2) is 24.3 Å². The summed E-state index contributed by atoms with van der Waals surface area (Å²) in [7, 11) is 0. The third kappa shape index (κ3) is 7.69. The summed E-state index contributed by atoms with van der Waals surface area (Å²) in [6.07, 6.45) is -0.650. The quantitative estimate of drug-likeness (QED) is 0.600. The zero-order chi connectivity index (χ0) is 19.0. The van der Waals surface area contributed by atoms with Crippen LogP contribution in [0, 0.1) is 0 Å². The van der Waals surface area contributed by atoms with Gasteiger partial charge in [-0.25, -0.2) is 9.59 Å². The predicted octanol–water partition coefficient (Wildman–Crippen LogP) is 2.72. The van der Waals surface area contributed by atoms with Crippen molar-refractivity contribution in [2.75, 3.05) is 13.2 Å². The van der Waals surface area contributed by atoms with Gasteiger partial charge in [0.15, 0.2) is 12.4 Å². The van der Waals surface area contributed by atoms with Crippen molar-refractivity contribution in [2.24, 2.45) is 0 Å². The summed E-state index contributed by atoms with van der Waals surface area (Å²) in [5.41, 5.74) is -0.225. The molecule has 1 aromatic carbocycles. The SMILES string of the molecule is CCOC(=O)COc1ccc(C(=O)[C@H](C)NC(=O)OC(C)(C)C)cc1. The number of carbonyl (C=O) groups excluding carboxylic acids is 3. The zero-order valence-electron chi connectivity index (χ0n) is 15.3.